The molecule has 0 heterocycles. The summed E-state index contributed by atoms with van der Waals surface area (Å²) in [5.74, 6) is 0. The second-order valence-electron chi connectivity index (χ2n) is 6.37. The van der Waals surface area contributed by atoms with E-state index < -0.39 is 11.7 Å². The molecule has 118 valence electrons. The van der Waals surface area contributed by atoms with Gasteiger partial charge in [0, 0.05) is 25.7 Å². The van der Waals surface area contributed by atoms with Gasteiger partial charge in [0.25, 0.3) is 0 Å². The molecule has 1 aliphatic carbocycles. The Hall–Kier alpha value is -0.850. The highest BCUT2D eigenvalue weighted by molar-refractivity contribution is 5.68. The number of hydrogen-bond donors (Lipinski definition) is 3. The maximum atomic E-state index is 11.7. The Morgan fingerprint density at radius 1 is 1.35 bits per heavy atom. The molecule has 1 amide bonds. The van der Waals surface area contributed by atoms with Gasteiger partial charge >= 0.3 is 6.09 Å². The van der Waals surface area contributed by atoms with Crippen molar-refractivity contribution in [2.75, 3.05) is 20.3 Å². The number of methoxy groups -OCH3 is 1. The van der Waals surface area contributed by atoms with E-state index in [4.69, 9.17) is 9.47 Å². The van der Waals surface area contributed by atoms with Gasteiger partial charge in [-0.05, 0) is 40.0 Å². The van der Waals surface area contributed by atoms with E-state index in [1.165, 1.54) is 0 Å². The van der Waals surface area contributed by atoms with Crippen LogP contribution in [0.1, 0.15) is 40.0 Å². The number of alkyl carbamates (subject to hydrolysis) is 1. The quantitative estimate of drug-likeness (QED) is 0.680. The summed E-state index contributed by atoms with van der Waals surface area (Å²) in [7, 11) is 1.57. The second-order valence-corrected chi connectivity index (χ2v) is 6.37. The minimum atomic E-state index is -0.488. The molecule has 1 fully saturated rings. The van der Waals surface area contributed by atoms with E-state index in [-0.39, 0.29) is 12.1 Å². The number of hydrogen-bond acceptors (Lipinski definition) is 5. The molecule has 0 aliphatic heterocycles. The lowest BCUT2D eigenvalue weighted by Crippen LogP contribution is -2.40. The molecule has 1 saturated carbocycles. The van der Waals surface area contributed by atoms with E-state index in [9.17, 15) is 9.90 Å². The van der Waals surface area contributed by atoms with Gasteiger partial charge in [-0.15, -0.1) is 0 Å². The number of aliphatic hydroxyl groups excluding tert-OH is 1. The van der Waals surface area contributed by atoms with Crippen LogP contribution in [0.4, 0.5) is 4.79 Å². The zero-order chi connectivity index (χ0) is 15.2. The van der Waals surface area contributed by atoms with Gasteiger partial charge in [-0.25, -0.2) is 4.79 Å². The van der Waals surface area contributed by atoms with Crippen LogP contribution in [0, 0.1) is 0 Å². The van der Waals surface area contributed by atoms with Crippen molar-refractivity contribution >= 4 is 6.09 Å². The third-order valence-electron chi connectivity index (χ3n) is 3.15. The molecule has 0 spiro atoms. The average Bonchev–Trinajstić information content (AvgIpc) is 2.71. The first kappa shape index (κ1) is 17.2. The molecule has 1 rings (SSSR count). The normalized spacial score (nSPS) is 24.4. The van der Waals surface area contributed by atoms with Crippen molar-refractivity contribution < 1.29 is 19.4 Å². The van der Waals surface area contributed by atoms with Crippen molar-refractivity contribution in [3.05, 3.63) is 0 Å². The minimum absolute atomic E-state index is 0.141. The maximum absolute atomic E-state index is 11.7. The van der Waals surface area contributed by atoms with Crippen molar-refractivity contribution in [2.45, 2.75) is 63.8 Å². The summed E-state index contributed by atoms with van der Waals surface area (Å²) in [6.45, 7) is 6.39. The number of carbonyl (C=O) groups excluding carboxylic acids is 1. The molecule has 0 aromatic rings. The zero-order valence-electron chi connectivity index (χ0n) is 12.9. The van der Waals surface area contributed by atoms with Gasteiger partial charge in [-0.2, -0.15) is 0 Å². The van der Waals surface area contributed by atoms with Gasteiger partial charge in [0.15, 0.2) is 0 Å². The van der Waals surface area contributed by atoms with Crippen LogP contribution in [0.15, 0.2) is 0 Å². The number of aliphatic hydroxyl groups is 1. The van der Waals surface area contributed by atoms with E-state index in [1.807, 2.05) is 20.8 Å². The Labute approximate surface area is 121 Å². The van der Waals surface area contributed by atoms with Crippen LogP contribution in [-0.2, 0) is 9.47 Å². The van der Waals surface area contributed by atoms with Crippen LogP contribution in [-0.4, -0.2) is 55.2 Å². The monoisotopic (exact) mass is 288 g/mol. The third-order valence-corrected chi connectivity index (χ3v) is 3.15. The number of ether oxygens (including phenoxy) is 2. The Morgan fingerprint density at radius 3 is 2.60 bits per heavy atom. The summed E-state index contributed by atoms with van der Waals surface area (Å²) in [5.41, 5.74) is -0.468. The van der Waals surface area contributed by atoms with Gasteiger partial charge < -0.3 is 25.2 Å². The molecule has 3 atom stereocenters. The standard InChI is InChI=1S/C14H28N2O4/c1-14(2,3)20-13(18)16-11-6-5-10(7-11)15-8-12(17)9-19-4/h10-12,15,17H,5-9H2,1-4H3,(H,16,18). The predicted octanol–water partition coefficient (Wildman–Crippen LogP) is 1.03. The van der Waals surface area contributed by atoms with Crippen LogP contribution in [0.5, 0.6) is 0 Å². The molecular formula is C14H28N2O4. The SMILES string of the molecule is COCC(O)CNC1CCC(NC(=O)OC(C)(C)C)C1. The summed E-state index contributed by atoms with van der Waals surface area (Å²) in [4.78, 5) is 11.7. The maximum Gasteiger partial charge on any atom is 0.407 e. The Balaban J connectivity index is 2.21. The molecule has 3 N–H and O–H groups in total. The van der Waals surface area contributed by atoms with Gasteiger partial charge in [0.2, 0.25) is 0 Å². The van der Waals surface area contributed by atoms with Crippen LogP contribution < -0.4 is 10.6 Å². The largest absolute Gasteiger partial charge is 0.444 e. The molecule has 20 heavy (non-hydrogen) atoms. The van der Waals surface area contributed by atoms with Crippen molar-refractivity contribution in [3.63, 3.8) is 0 Å². The fourth-order valence-corrected chi connectivity index (χ4v) is 2.33. The molecule has 1 aliphatic rings. The first-order valence-corrected chi connectivity index (χ1v) is 7.20. The zero-order valence-corrected chi connectivity index (χ0v) is 12.9. The van der Waals surface area contributed by atoms with E-state index >= 15 is 0 Å². The molecule has 3 unspecified atom stereocenters. The summed E-state index contributed by atoms with van der Waals surface area (Å²) in [5, 5.41) is 15.8. The van der Waals surface area contributed by atoms with Crippen molar-refractivity contribution in [1.29, 1.82) is 0 Å². The summed E-state index contributed by atoms with van der Waals surface area (Å²) in [6, 6.07) is 0.461. The van der Waals surface area contributed by atoms with E-state index in [2.05, 4.69) is 10.6 Å². The highest BCUT2D eigenvalue weighted by atomic mass is 16.6. The Bertz CT molecular complexity index is 304. The highest BCUT2D eigenvalue weighted by Crippen LogP contribution is 2.19. The lowest BCUT2D eigenvalue weighted by Gasteiger charge is -2.22. The van der Waals surface area contributed by atoms with Gasteiger partial charge in [-0.1, -0.05) is 0 Å². The molecule has 0 radical (unpaired) electrons. The van der Waals surface area contributed by atoms with Gasteiger partial charge in [-0.3, -0.25) is 0 Å². The van der Waals surface area contributed by atoms with Gasteiger partial charge in [0.1, 0.15) is 5.60 Å². The molecule has 0 aromatic heterocycles. The fraction of sp³-hybridized carbons (Fsp3) is 0.929. The van der Waals surface area contributed by atoms with Crippen LogP contribution in [0.2, 0.25) is 0 Å². The fourth-order valence-electron chi connectivity index (χ4n) is 2.33. The number of nitrogens with one attached hydrogen (secondary N) is 2. The molecule has 6 heteroatoms. The average molecular weight is 288 g/mol. The highest BCUT2D eigenvalue weighted by Gasteiger charge is 2.27. The van der Waals surface area contributed by atoms with Gasteiger partial charge in [0.05, 0.1) is 12.7 Å². The van der Waals surface area contributed by atoms with Crippen molar-refractivity contribution in [2.24, 2.45) is 0 Å². The molecule has 6 nitrogen and oxygen atoms in total. The Morgan fingerprint density at radius 2 is 2.00 bits per heavy atom. The van der Waals surface area contributed by atoms with Crippen molar-refractivity contribution in [1.82, 2.24) is 10.6 Å². The molecule has 0 saturated heterocycles. The van der Waals surface area contributed by atoms with E-state index in [0.717, 1.165) is 19.3 Å². The summed E-state index contributed by atoms with van der Waals surface area (Å²) in [6.07, 6.45) is 1.93. The Kier molecular flexibility index (Phi) is 6.71. The molecule has 0 bridgehead atoms. The topological polar surface area (TPSA) is 79.8 Å². The van der Waals surface area contributed by atoms with E-state index in [1.54, 1.807) is 7.11 Å². The summed E-state index contributed by atoms with van der Waals surface area (Å²) < 4.78 is 10.1. The number of amides is 1. The second kappa shape index (κ2) is 7.81. The first-order chi connectivity index (χ1) is 9.30. The van der Waals surface area contributed by atoms with Crippen LogP contribution in [0.25, 0.3) is 0 Å². The van der Waals surface area contributed by atoms with E-state index in [0.29, 0.717) is 19.2 Å². The smallest absolute Gasteiger partial charge is 0.407 e. The summed E-state index contributed by atoms with van der Waals surface area (Å²) >= 11 is 0. The minimum Gasteiger partial charge on any atom is -0.444 e. The lowest BCUT2D eigenvalue weighted by atomic mass is 10.2. The molecule has 0 aromatic carbocycles. The predicted molar refractivity (Wildman–Crippen MR) is 76.7 cm³/mol. The van der Waals surface area contributed by atoms with Crippen LogP contribution in [0.3, 0.4) is 0 Å². The number of carbonyl (C=O) groups is 1. The molecular weight excluding hydrogens is 260 g/mol. The lowest BCUT2D eigenvalue weighted by molar-refractivity contribution is 0.0503. The third kappa shape index (κ3) is 7.07. The first-order valence-electron chi connectivity index (χ1n) is 7.20. The van der Waals surface area contributed by atoms with Crippen molar-refractivity contribution in [3.8, 4) is 0 Å². The number of rotatable bonds is 6. The van der Waals surface area contributed by atoms with Crippen LogP contribution >= 0.6 is 0 Å².